The van der Waals surface area contributed by atoms with Gasteiger partial charge < -0.3 is 0 Å². The zero-order valence-electron chi connectivity index (χ0n) is 17.9. The summed E-state index contributed by atoms with van der Waals surface area (Å²) in [6.07, 6.45) is -0.231. The maximum Gasteiger partial charge on any atom is 0.252 e. The van der Waals surface area contributed by atoms with E-state index in [0.717, 1.165) is 15.7 Å². The van der Waals surface area contributed by atoms with Crippen molar-refractivity contribution in [3.63, 3.8) is 0 Å². The van der Waals surface area contributed by atoms with Crippen molar-refractivity contribution >= 4 is 49.9 Å². The fourth-order valence-electron chi connectivity index (χ4n) is 4.10. The Bertz CT molecular complexity index is 1310. The highest BCUT2D eigenvalue weighted by atomic mass is 35.5. The van der Waals surface area contributed by atoms with Gasteiger partial charge in [0.15, 0.2) is 0 Å². The van der Waals surface area contributed by atoms with Gasteiger partial charge in [-0.05, 0) is 67.9 Å². The van der Waals surface area contributed by atoms with Crippen molar-refractivity contribution in [1.82, 2.24) is 4.31 Å². The summed E-state index contributed by atoms with van der Waals surface area (Å²) in [4.78, 5) is 27.3. The van der Waals surface area contributed by atoms with Crippen molar-refractivity contribution in [2.24, 2.45) is 0 Å². The average molecular weight is 471 g/mol. The van der Waals surface area contributed by atoms with Gasteiger partial charge in [0.2, 0.25) is 15.9 Å². The summed E-state index contributed by atoms with van der Waals surface area (Å²) in [6, 6.07) is 17.5. The standard InChI is InChI=1S/C24H23ClN2O4S/c1-24(2,3)27(32(30,31)20-13-8-16-6-4-5-7-17(16)14-20)21-15-22(28)26(23(21)29)19-11-9-18(25)10-12-19/h4-14,21H,15H2,1-3H3. The summed E-state index contributed by atoms with van der Waals surface area (Å²) in [5.41, 5.74) is -0.579. The Hall–Kier alpha value is -2.74. The van der Waals surface area contributed by atoms with Crippen LogP contribution in [0.4, 0.5) is 5.69 Å². The SMILES string of the molecule is CC(C)(C)N(C1CC(=O)N(c2ccc(Cl)cc2)C1=O)S(=O)(=O)c1ccc2ccccc2c1. The first kappa shape index (κ1) is 22.5. The van der Waals surface area contributed by atoms with E-state index in [2.05, 4.69) is 0 Å². The summed E-state index contributed by atoms with van der Waals surface area (Å²) in [7, 11) is -4.09. The van der Waals surface area contributed by atoms with E-state index in [0.29, 0.717) is 10.7 Å². The second kappa shape index (κ2) is 7.99. The van der Waals surface area contributed by atoms with Gasteiger partial charge in [0.1, 0.15) is 6.04 Å². The second-order valence-electron chi connectivity index (χ2n) is 8.74. The van der Waals surface area contributed by atoms with E-state index >= 15 is 0 Å². The number of rotatable bonds is 4. The summed E-state index contributed by atoms with van der Waals surface area (Å²) in [5, 5.41) is 2.16. The van der Waals surface area contributed by atoms with Crippen LogP contribution in [0.25, 0.3) is 10.8 Å². The minimum Gasteiger partial charge on any atom is -0.274 e. The molecule has 3 aromatic rings. The molecule has 1 saturated heterocycles. The van der Waals surface area contributed by atoms with E-state index in [1.54, 1.807) is 57.2 Å². The lowest BCUT2D eigenvalue weighted by molar-refractivity contribution is -0.122. The van der Waals surface area contributed by atoms with Gasteiger partial charge in [-0.15, -0.1) is 0 Å². The van der Waals surface area contributed by atoms with Crippen molar-refractivity contribution in [3.05, 3.63) is 71.8 Å². The molecule has 1 fully saturated rings. The average Bonchev–Trinajstić information content (AvgIpc) is 3.00. The van der Waals surface area contributed by atoms with Gasteiger partial charge in [0, 0.05) is 10.6 Å². The van der Waals surface area contributed by atoms with Gasteiger partial charge >= 0.3 is 0 Å². The monoisotopic (exact) mass is 470 g/mol. The molecule has 4 rings (SSSR count). The lowest BCUT2D eigenvalue weighted by Gasteiger charge is -2.37. The Labute approximate surface area is 192 Å². The van der Waals surface area contributed by atoms with E-state index in [-0.39, 0.29) is 11.3 Å². The first-order chi connectivity index (χ1) is 15.0. The van der Waals surface area contributed by atoms with E-state index in [1.165, 1.54) is 10.4 Å². The number of nitrogens with zero attached hydrogens (tertiary/aromatic N) is 2. The van der Waals surface area contributed by atoms with Crippen molar-refractivity contribution in [3.8, 4) is 0 Å². The first-order valence-corrected chi connectivity index (χ1v) is 12.0. The number of benzene rings is 3. The van der Waals surface area contributed by atoms with E-state index in [4.69, 9.17) is 11.6 Å². The van der Waals surface area contributed by atoms with Crippen LogP contribution in [-0.2, 0) is 19.6 Å². The number of fused-ring (bicyclic) bond motifs is 1. The number of anilines is 1. The first-order valence-electron chi connectivity index (χ1n) is 10.2. The highest BCUT2D eigenvalue weighted by Crippen LogP contribution is 2.35. The Kier molecular flexibility index (Phi) is 5.61. The van der Waals surface area contributed by atoms with Gasteiger partial charge in [-0.25, -0.2) is 13.3 Å². The number of imide groups is 1. The third-order valence-corrected chi connectivity index (χ3v) is 7.85. The topological polar surface area (TPSA) is 74.8 Å². The largest absolute Gasteiger partial charge is 0.274 e. The molecular formula is C24H23ClN2O4S. The van der Waals surface area contributed by atoms with Crippen LogP contribution in [0.3, 0.4) is 0 Å². The smallest absolute Gasteiger partial charge is 0.252 e. The molecule has 0 spiro atoms. The molecule has 0 N–H and O–H groups in total. The number of carbonyl (C=O) groups excluding carboxylic acids is 2. The molecule has 0 bridgehead atoms. The summed E-state index contributed by atoms with van der Waals surface area (Å²) in [6.45, 7) is 5.15. The van der Waals surface area contributed by atoms with Crippen molar-refractivity contribution in [1.29, 1.82) is 0 Å². The predicted octanol–water partition coefficient (Wildman–Crippen LogP) is 4.61. The van der Waals surface area contributed by atoms with E-state index in [9.17, 15) is 18.0 Å². The molecule has 1 unspecified atom stereocenters. The quantitative estimate of drug-likeness (QED) is 0.521. The Balaban J connectivity index is 1.77. The van der Waals surface area contributed by atoms with Gasteiger partial charge in [-0.3, -0.25) is 9.59 Å². The molecule has 0 aromatic heterocycles. The zero-order chi connectivity index (χ0) is 23.3. The molecule has 0 saturated carbocycles. The van der Waals surface area contributed by atoms with Crippen molar-refractivity contribution < 1.29 is 18.0 Å². The van der Waals surface area contributed by atoms with Crippen LogP contribution in [0.5, 0.6) is 0 Å². The predicted molar refractivity (Wildman–Crippen MR) is 125 cm³/mol. The van der Waals surface area contributed by atoms with Crippen LogP contribution in [-0.4, -0.2) is 36.1 Å². The normalized spacial score (nSPS) is 17.5. The third kappa shape index (κ3) is 3.92. The van der Waals surface area contributed by atoms with Gasteiger partial charge in [-0.1, -0.05) is 41.9 Å². The molecule has 1 atom stereocenters. The molecule has 166 valence electrons. The van der Waals surface area contributed by atoms with Crippen molar-refractivity contribution in [2.45, 2.75) is 43.7 Å². The summed E-state index contributed by atoms with van der Waals surface area (Å²) < 4.78 is 28.7. The highest BCUT2D eigenvalue weighted by Gasteiger charge is 2.50. The minimum absolute atomic E-state index is 0.0799. The lowest BCUT2D eigenvalue weighted by atomic mass is 10.1. The number of amides is 2. The fraction of sp³-hybridized carbons (Fsp3) is 0.250. The number of halogens is 1. The molecule has 3 aromatic carbocycles. The molecular weight excluding hydrogens is 448 g/mol. The molecule has 0 radical (unpaired) electrons. The van der Waals surface area contributed by atoms with Gasteiger partial charge in [0.25, 0.3) is 5.91 Å². The zero-order valence-corrected chi connectivity index (χ0v) is 19.5. The molecule has 6 nitrogen and oxygen atoms in total. The van der Waals surface area contributed by atoms with Crippen LogP contribution in [0.2, 0.25) is 5.02 Å². The van der Waals surface area contributed by atoms with Gasteiger partial charge in [0.05, 0.1) is 17.0 Å². The number of hydrogen-bond donors (Lipinski definition) is 0. The molecule has 0 aliphatic carbocycles. The van der Waals surface area contributed by atoms with E-state index in [1.807, 2.05) is 24.3 Å². The molecule has 1 heterocycles. The van der Waals surface area contributed by atoms with E-state index < -0.39 is 33.4 Å². The third-order valence-electron chi connectivity index (χ3n) is 5.43. The summed E-state index contributed by atoms with van der Waals surface area (Å²) in [5.74, 6) is -1.03. The lowest BCUT2D eigenvalue weighted by Crippen LogP contribution is -2.54. The Morgan fingerprint density at radius 3 is 2.19 bits per heavy atom. The fourth-order valence-corrected chi connectivity index (χ4v) is 6.19. The van der Waals surface area contributed by atoms with Crippen LogP contribution in [0.1, 0.15) is 27.2 Å². The molecule has 2 amide bonds. The minimum atomic E-state index is -4.09. The Morgan fingerprint density at radius 1 is 0.938 bits per heavy atom. The highest BCUT2D eigenvalue weighted by molar-refractivity contribution is 7.89. The molecule has 32 heavy (non-hydrogen) atoms. The maximum atomic E-state index is 13.8. The molecule has 1 aliphatic rings. The maximum absolute atomic E-state index is 13.8. The summed E-state index contributed by atoms with van der Waals surface area (Å²) >= 11 is 5.92. The van der Waals surface area contributed by atoms with Crippen LogP contribution in [0.15, 0.2) is 71.6 Å². The number of carbonyl (C=O) groups is 2. The van der Waals surface area contributed by atoms with Crippen LogP contribution >= 0.6 is 11.6 Å². The van der Waals surface area contributed by atoms with Crippen LogP contribution in [0, 0.1) is 0 Å². The number of sulfonamides is 1. The van der Waals surface area contributed by atoms with Crippen molar-refractivity contribution in [2.75, 3.05) is 4.90 Å². The van der Waals surface area contributed by atoms with Crippen LogP contribution < -0.4 is 4.90 Å². The Morgan fingerprint density at radius 2 is 1.56 bits per heavy atom. The molecule has 8 heteroatoms. The second-order valence-corrected chi connectivity index (χ2v) is 11.0. The molecule has 1 aliphatic heterocycles. The number of hydrogen-bond acceptors (Lipinski definition) is 4. The van der Waals surface area contributed by atoms with Gasteiger partial charge in [-0.2, -0.15) is 4.31 Å².